The molecule has 1 unspecified atom stereocenters. The largest absolute Gasteiger partial charge is 0.501 e. The number of carbonyl (C=O) groups excluding carboxylic acids is 1. The van der Waals surface area contributed by atoms with Gasteiger partial charge in [0.15, 0.2) is 5.78 Å². The van der Waals surface area contributed by atoms with Crippen molar-refractivity contribution >= 4 is 11.3 Å². The summed E-state index contributed by atoms with van der Waals surface area (Å²) < 4.78 is 7.11. The summed E-state index contributed by atoms with van der Waals surface area (Å²) in [7, 11) is 1.67. The summed E-state index contributed by atoms with van der Waals surface area (Å²) in [5.41, 5.74) is 3.28. The van der Waals surface area contributed by atoms with Crippen LogP contribution in [0.1, 0.15) is 36.3 Å². The predicted molar refractivity (Wildman–Crippen MR) is 85.9 cm³/mol. The molecule has 0 saturated carbocycles. The van der Waals surface area contributed by atoms with Crippen LogP contribution in [0.4, 0.5) is 0 Å². The highest BCUT2D eigenvalue weighted by molar-refractivity contribution is 6.14. The number of carbonyl (C=O) groups is 1. The van der Waals surface area contributed by atoms with Crippen LogP contribution in [0.2, 0.25) is 0 Å². The van der Waals surface area contributed by atoms with Gasteiger partial charge in [0.25, 0.3) is 0 Å². The molecular weight excluding hydrogens is 276 g/mol. The summed E-state index contributed by atoms with van der Waals surface area (Å²) in [6.45, 7) is 4.10. The normalized spacial score (nSPS) is 18.0. The number of aryl methyl sites for hydroxylation is 1. The van der Waals surface area contributed by atoms with Crippen molar-refractivity contribution in [2.24, 2.45) is 5.92 Å². The van der Waals surface area contributed by atoms with E-state index in [1.165, 1.54) is 0 Å². The number of aromatic nitrogens is 2. The first kappa shape index (κ1) is 14.6. The summed E-state index contributed by atoms with van der Waals surface area (Å²) in [4.78, 5) is 13.0. The molecule has 2 aromatic rings. The minimum Gasteiger partial charge on any atom is -0.501 e. The van der Waals surface area contributed by atoms with Crippen molar-refractivity contribution in [2.75, 3.05) is 7.11 Å². The van der Waals surface area contributed by atoms with E-state index in [1.54, 1.807) is 11.6 Å². The fourth-order valence-electron chi connectivity index (χ4n) is 2.99. The number of allylic oxidation sites excluding steroid dienone is 4. The zero-order chi connectivity index (χ0) is 15.7. The first-order chi connectivity index (χ1) is 10.7. The Labute approximate surface area is 130 Å². The second-order valence-corrected chi connectivity index (χ2v) is 5.61. The van der Waals surface area contributed by atoms with Crippen LogP contribution in [0.3, 0.4) is 0 Å². The van der Waals surface area contributed by atoms with E-state index >= 15 is 0 Å². The van der Waals surface area contributed by atoms with Gasteiger partial charge in [-0.2, -0.15) is 5.10 Å². The van der Waals surface area contributed by atoms with Crippen molar-refractivity contribution in [3.63, 3.8) is 0 Å². The van der Waals surface area contributed by atoms with E-state index in [9.17, 15) is 4.79 Å². The number of ether oxygens (including phenoxy) is 1. The van der Waals surface area contributed by atoms with Crippen molar-refractivity contribution in [3.05, 3.63) is 59.1 Å². The third-order valence-electron chi connectivity index (χ3n) is 4.16. The van der Waals surface area contributed by atoms with Crippen LogP contribution in [0.5, 0.6) is 0 Å². The summed E-state index contributed by atoms with van der Waals surface area (Å²) in [6, 6.07) is 5.81. The molecule has 3 rings (SSSR count). The van der Waals surface area contributed by atoms with Gasteiger partial charge < -0.3 is 4.74 Å². The van der Waals surface area contributed by atoms with Crippen LogP contribution in [0.25, 0.3) is 5.52 Å². The quantitative estimate of drug-likeness (QED) is 0.810. The SMILES string of the molecule is CCc1nn2ccccc2c1C(=O)C1=CC=C(OC)C(C)C1. The summed E-state index contributed by atoms with van der Waals surface area (Å²) in [5.74, 6) is 1.23. The molecule has 1 aliphatic carbocycles. The van der Waals surface area contributed by atoms with Gasteiger partial charge in [0.05, 0.1) is 29.6 Å². The lowest BCUT2D eigenvalue weighted by atomic mass is 9.88. The highest BCUT2D eigenvalue weighted by atomic mass is 16.5. The second-order valence-electron chi connectivity index (χ2n) is 5.61. The number of fused-ring (bicyclic) bond motifs is 1. The number of ketones is 1. The number of nitrogens with zero attached hydrogens (tertiary/aromatic N) is 2. The Bertz CT molecular complexity index is 783. The molecule has 0 fully saturated rings. The number of hydrogen-bond acceptors (Lipinski definition) is 3. The highest BCUT2D eigenvalue weighted by Gasteiger charge is 2.25. The van der Waals surface area contributed by atoms with Gasteiger partial charge in [0.1, 0.15) is 0 Å². The Morgan fingerprint density at radius 3 is 2.91 bits per heavy atom. The van der Waals surface area contributed by atoms with Gasteiger partial charge in [-0.25, -0.2) is 4.52 Å². The third-order valence-corrected chi connectivity index (χ3v) is 4.16. The van der Waals surface area contributed by atoms with Crippen molar-refractivity contribution in [3.8, 4) is 0 Å². The van der Waals surface area contributed by atoms with Crippen molar-refractivity contribution in [1.82, 2.24) is 9.61 Å². The Kier molecular flexibility index (Phi) is 3.84. The first-order valence-corrected chi connectivity index (χ1v) is 7.61. The molecule has 0 spiro atoms. The molecule has 0 N–H and O–H groups in total. The fraction of sp³-hybridized carbons (Fsp3) is 0.333. The molecular formula is C18H20N2O2. The molecule has 0 amide bonds. The number of rotatable bonds is 4. The maximum Gasteiger partial charge on any atom is 0.193 e. The van der Waals surface area contributed by atoms with Gasteiger partial charge in [-0.1, -0.05) is 26.0 Å². The fourth-order valence-corrected chi connectivity index (χ4v) is 2.99. The van der Waals surface area contributed by atoms with Gasteiger partial charge >= 0.3 is 0 Å². The molecule has 1 atom stereocenters. The average Bonchev–Trinajstić information content (AvgIpc) is 2.92. The van der Waals surface area contributed by atoms with Crippen LogP contribution in [0, 0.1) is 5.92 Å². The molecule has 2 aromatic heterocycles. The molecule has 4 heteroatoms. The van der Waals surface area contributed by atoms with E-state index in [0.29, 0.717) is 6.42 Å². The average molecular weight is 296 g/mol. The lowest BCUT2D eigenvalue weighted by molar-refractivity contribution is 0.102. The van der Waals surface area contributed by atoms with Gasteiger partial charge in [-0.3, -0.25) is 4.79 Å². The van der Waals surface area contributed by atoms with Crippen molar-refractivity contribution in [1.29, 1.82) is 0 Å². The molecule has 114 valence electrons. The number of hydrogen-bond donors (Lipinski definition) is 0. The minimum absolute atomic E-state index is 0.0799. The highest BCUT2D eigenvalue weighted by Crippen LogP contribution is 2.29. The van der Waals surface area contributed by atoms with E-state index in [4.69, 9.17) is 4.74 Å². The topological polar surface area (TPSA) is 43.6 Å². The van der Waals surface area contributed by atoms with Crippen LogP contribution in [-0.2, 0) is 11.2 Å². The monoisotopic (exact) mass is 296 g/mol. The summed E-state index contributed by atoms with van der Waals surface area (Å²) >= 11 is 0. The lowest BCUT2D eigenvalue weighted by Crippen LogP contribution is -2.14. The van der Waals surface area contributed by atoms with Crippen LogP contribution in [-0.4, -0.2) is 22.5 Å². The lowest BCUT2D eigenvalue weighted by Gasteiger charge is -2.19. The molecule has 0 saturated heterocycles. The second kappa shape index (κ2) is 5.79. The van der Waals surface area contributed by atoms with Crippen molar-refractivity contribution in [2.45, 2.75) is 26.7 Å². The number of methoxy groups -OCH3 is 1. The first-order valence-electron chi connectivity index (χ1n) is 7.61. The van der Waals surface area contributed by atoms with E-state index in [2.05, 4.69) is 12.0 Å². The van der Waals surface area contributed by atoms with E-state index in [-0.39, 0.29) is 11.7 Å². The Morgan fingerprint density at radius 1 is 1.41 bits per heavy atom. The van der Waals surface area contributed by atoms with Crippen LogP contribution < -0.4 is 0 Å². The third kappa shape index (κ3) is 2.34. The van der Waals surface area contributed by atoms with Crippen LogP contribution in [0.15, 0.2) is 47.9 Å². The number of pyridine rings is 1. The van der Waals surface area contributed by atoms with Gasteiger partial charge in [-0.05, 0) is 31.1 Å². The van der Waals surface area contributed by atoms with Crippen LogP contribution >= 0.6 is 0 Å². The zero-order valence-corrected chi connectivity index (χ0v) is 13.2. The van der Waals surface area contributed by atoms with Gasteiger partial charge in [-0.15, -0.1) is 0 Å². The molecule has 22 heavy (non-hydrogen) atoms. The smallest absolute Gasteiger partial charge is 0.193 e. The minimum atomic E-state index is 0.0799. The Balaban J connectivity index is 2.06. The molecule has 0 bridgehead atoms. The number of Topliss-reactive ketones (excluding diaryl/α,β-unsaturated/α-hetero) is 1. The van der Waals surface area contributed by atoms with Crippen molar-refractivity contribution < 1.29 is 9.53 Å². The van der Waals surface area contributed by atoms with E-state index in [0.717, 1.165) is 34.5 Å². The Morgan fingerprint density at radius 2 is 2.23 bits per heavy atom. The maximum absolute atomic E-state index is 13.0. The maximum atomic E-state index is 13.0. The summed E-state index contributed by atoms with van der Waals surface area (Å²) in [6.07, 6.45) is 7.11. The predicted octanol–water partition coefficient (Wildman–Crippen LogP) is 3.58. The zero-order valence-electron chi connectivity index (χ0n) is 13.2. The molecule has 0 radical (unpaired) electrons. The summed E-state index contributed by atoms with van der Waals surface area (Å²) in [5, 5.41) is 4.53. The van der Waals surface area contributed by atoms with Gasteiger partial charge in [0.2, 0.25) is 0 Å². The Hall–Kier alpha value is -2.36. The van der Waals surface area contributed by atoms with E-state index < -0.39 is 0 Å². The molecule has 1 aliphatic rings. The van der Waals surface area contributed by atoms with Gasteiger partial charge in [0, 0.05) is 17.7 Å². The molecule has 4 nitrogen and oxygen atoms in total. The molecule has 0 aliphatic heterocycles. The van der Waals surface area contributed by atoms with E-state index in [1.807, 2.05) is 43.5 Å². The standard InChI is InChI=1S/C18H20N2O2/c1-4-14-17(15-7-5-6-10-20(15)19-14)18(21)13-8-9-16(22-3)12(2)11-13/h5-10,12H,4,11H2,1-3H3. The molecule has 0 aromatic carbocycles. The molecule has 2 heterocycles.